The molecule has 2 aromatic carbocycles. The molecule has 2 rings (SSSR count). The van der Waals surface area contributed by atoms with Crippen molar-refractivity contribution in [2.45, 2.75) is 6.18 Å². The van der Waals surface area contributed by atoms with Gasteiger partial charge < -0.3 is 25.1 Å². The zero-order valence-electron chi connectivity index (χ0n) is 13.3. The van der Waals surface area contributed by atoms with Crippen LogP contribution in [0.5, 0.6) is 11.5 Å². The van der Waals surface area contributed by atoms with Gasteiger partial charge in [0.05, 0.1) is 11.5 Å². The first-order valence-electron chi connectivity index (χ1n) is 6.85. The van der Waals surface area contributed by atoms with Gasteiger partial charge in [0.15, 0.2) is 0 Å². The van der Waals surface area contributed by atoms with E-state index >= 15 is 0 Å². The third-order valence-electron chi connectivity index (χ3n) is 3.10. The summed E-state index contributed by atoms with van der Waals surface area (Å²) in [5.74, 6) is -1.62. The molecule has 0 fully saturated rings. The first-order chi connectivity index (χ1) is 11.3. The number of hydrogen-bond acceptors (Lipinski definition) is 5. The molecule has 0 unspecified atom stereocenters. The van der Waals surface area contributed by atoms with Gasteiger partial charge in [0.2, 0.25) is 0 Å². The summed E-state index contributed by atoms with van der Waals surface area (Å²) in [6, 6.07) is 8.19. The molecule has 128 valence electrons. The van der Waals surface area contributed by atoms with Crippen molar-refractivity contribution in [3.8, 4) is 11.5 Å². The predicted octanol–water partition coefficient (Wildman–Crippen LogP) is -0.731. The summed E-state index contributed by atoms with van der Waals surface area (Å²) >= 11 is 0. The molecule has 0 atom stereocenters. The summed E-state index contributed by atoms with van der Waals surface area (Å²) in [4.78, 5) is 10.8. The SMILES string of the molecule is O=C([O-])c1cc(NCCOc2ccc(C(F)(F)F)cc2)ccc1O.[Na+]. The fraction of sp³-hybridized carbons (Fsp3) is 0.188. The molecular formula is C16H13F3NNaO4. The number of nitrogens with one attached hydrogen (secondary N) is 1. The predicted molar refractivity (Wildman–Crippen MR) is 77.9 cm³/mol. The van der Waals surface area contributed by atoms with E-state index in [0.29, 0.717) is 5.69 Å². The topological polar surface area (TPSA) is 81.6 Å². The first-order valence-corrected chi connectivity index (χ1v) is 6.85. The molecule has 0 spiro atoms. The van der Waals surface area contributed by atoms with Crippen molar-refractivity contribution in [2.75, 3.05) is 18.5 Å². The minimum atomic E-state index is -4.39. The van der Waals surface area contributed by atoms with E-state index in [9.17, 15) is 28.2 Å². The number of aromatic hydroxyl groups is 1. The number of benzene rings is 2. The molecule has 0 aromatic heterocycles. The van der Waals surface area contributed by atoms with Crippen molar-refractivity contribution >= 4 is 11.7 Å². The maximum absolute atomic E-state index is 12.4. The van der Waals surface area contributed by atoms with Crippen LogP contribution < -0.4 is 44.7 Å². The largest absolute Gasteiger partial charge is 1.00 e. The number of carbonyl (C=O) groups excluding carboxylic acids is 1. The molecule has 0 radical (unpaired) electrons. The van der Waals surface area contributed by atoms with E-state index in [0.717, 1.165) is 12.1 Å². The Morgan fingerprint density at radius 1 is 1.16 bits per heavy atom. The molecule has 2 N–H and O–H groups in total. The molecule has 2 aromatic rings. The van der Waals surface area contributed by atoms with Gasteiger partial charge >= 0.3 is 35.7 Å². The molecule has 9 heteroatoms. The minimum Gasteiger partial charge on any atom is -0.545 e. The van der Waals surface area contributed by atoms with Crippen molar-refractivity contribution in [3.63, 3.8) is 0 Å². The second-order valence-corrected chi connectivity index (χ2v) is 4.82. The molecular weight excluding hydrogens is 350 g/mol. The van der Waals surface area contributed by atoms with Crippen LogP contribution in [0.25, 0.3) is 0 Å². The summed E-state index contributed by atoms with van der Waals surface area (Å²) in [5, 5.41) is 23.0. The van der Waals surface area contributed by atoms with Crippen molar-refractivity contribution < 1.29 is 62.5 Å². The van der Waals surface area contributed by atoms with Crippen LogP contribution in [0, 0.1) is 0 Å². The van der Waals surface area contributed by atoms with Crippen LogP contribution >= 0.6 is 0 Å². The molecule has 0 saturated carbocycles. The zero-order chi connectivity index (χ0) is 17.7. The van der Waals surface area contributed by atoms with Gasteiger partial charge in [-0.3, -0.25) is 0 Å². The van der Waals surface area contributed by atoms with Crippen LogP contribution in [-0.4, -0.2) is 24.2 Å². The Kier molecular flexibility index (Phi) is 7.60. The van der Waals surface area contributed by atoms with E-state index in [1.807, 2.05) is 0 Å². The van der Waals surface area contributed by atoms with Gasteiger partial charge in [0.1, 0.15) is 18.1 Å². The van der Waals surface area contributed by atoms with Crippen LogP contribution in [0.4, 0.5) is 18.9 Å². The van der Waals surface area contributed by atoms with Gasteiger partial charge in [-0.1, -0.05) is 0 Å². The van der Waals surface area contributed by atoms with Crippen LogP contribution in [-0.2, 0) is 6.18 Å². The average Bonchev–Trinajstić information content (AvgIpc) is 2.52. The van der Waals surface area contributed by atoms with Crippen LogP contribution in [0.3, 0.4) is 0 Å². The number of anilines is 1. The van der Waals surface area contributed by atoms with Gasteiger partial charge in [-0.2, -0.15) is 13.2 Å². The fourth-order valence-corrected chi connectivity index (χ4v) is 1.91. The Morgan fingerprint density at radius 3 is 2.36 bits per heavy atom. The molecule has 0 aliphatic rings. The van der Waals surface area contributed by atoms with Gasteiger partial charge in [0, 0.05) is 17.8 Å². The Balaban J connectivity index is 0.00000312. The van der Waals surface area contributed by atoms with E-state index in [-0.39, 0.29) is 54.0 Å². The molecule has 0 amide bonds. The van der Waals surface area contributed by atoms with E-state index < -0.39 is 23.5 Å². The van der Waals surface area contributed by atoms with Crippen LogP contribution in [0.15, 0.2) is 42.5 Å². The summed E-state index contributed by atoms with van der Waals surface area (Å²) in [7, 11) is 0. The second kappa shape index (κ2) is 8.98. The van der Waals surface area contributed by atoms with Gasteiger partial charge in [-0.15, -0.1) is 0 Å². The van der Waals surface area contributed by atoms with Crippen molar-refractivity contribution in [1.82, 2.24) is 0 Å². The van der Waals surface area contributed by atoms with E-state index in [1.54, 1.807) is 0 Å². The molecule has 0 saturated heterocycles. The fourth-order valence-electron chi connectivity index (χ4n) is 1.91. The van der Waals surface area contributed by atoms with Gasteiger partial charge in [0.25, 0.3) is 0 Å². The van der Waals surface area contributed by atoms with E-state index in [4.69, 9.17) is 4.74 Å². The number of halogens is 3. The summed E-state index contributed by atoms with van der Waals surface area (Å²) in [5.41, 5.74) is -0.668. The maximum Gasteiger partial charge on any atom is 1.00 e. The summed E-state index contributed by atoms with van der Waals surface area (Å²) in [6.07, 6.45) is -4.39. The van der Waals surface area contributed by atoms with Crippen LogP contribution in [0.1, 0.15) is 15.9 Å². The number of hydrogen-bond donors (Lipinski definition) is 2. The Labute approximate surface area is 163 Å². The number of carboxylic acids is 1. The van der Waals surface area contributed by atoms with Crippen molar-refractivity contribution in [2.24, 2.45) is 0 Å². The number of carboxylic acid groups (broad SMARTS) is 1. The molecule has 5 nitrogen and oxygen atoms in total. The molecule has 0 heterocycles. The monoisotopic (exact) mass is 363 g/mol. The number of ether oxygens (including phenoxy) is 1. The summed E-state index contributed by atoms with van der Waals surface area (Å²) in [6.45, 7) is 0.422. The molecule has 0 bridgehead atoms. The van der Waals surface area contributed by atoms with Crippen molar-refractivity contribution in [1.29, 1.82) is 0 Å². The number of rotatable bonds is 6. The number of phenols is 1. The van der Waals surface area contributed by atoms with Gasteiger partial charge in [-0.25, -0.2) is 0 Å². The van der Waals surface area contributed by atoms with E-state index in [1.165, 1.54) is 30.3 Å². The number of aromatic carboxylic acids is 1. The molecule has 0 aliphatic carbocycles. The van der Waals surface area contributed by atoms with E-state index in [2.05, 4.69) is 5.32 Å². The van der Waals surface area contributed by atoms with Crippen LogP contribution in [0.2, 0.25) is 0 Å². The third-order valence-corrected chi connectivity index (χ3v) is 3.10. The third kappa shape index (κ3) is 6.15. The molecule has 25 heavy (non-hydrogen) atoms. The Hall–Kier alpha value is -1.90. The number of carbonyl (C=O) groups is 1. The van der Waals surface area contributed by atoms with Gasteiger partial charge in [-0.05, 0) is 42.5 Å². The minimum absolute atomic E-state index is 0. The normalized spacial score (nSPS) is 10.7. The second-order valence-electron chi connectivity index (χ2n) is 4.82. The molecule has 0 aliphatic heterocycles. The first kappa shape index (κ1) is 21.1. The Bertz CT molecular complexity index is 720. The zero-order valence-corrected chi connectivity index (χ0v) is 15.3. The number of alkyl halides is 3. The quantitative estimate of drug-likeness (QED) is 0.402. The summed E-state index contributed by atoms with van der Waals surface area (Å²) < 4.78 is 42.5. The van der Waals surface area contributed by atoms with Crippen molar-refractivity contribution in [3.05, 3.63) is 53.6 Å². The maximum atomic E-state index is 12.4. The standard InChI is InChI=1S/C16H14F3NO4.Na/c17-16(18,19)10-1-4-12(5-2-10)24-8-7-20-11-3-6-14(21)13(9-11)15(22)23;/h1-6,9,20-21H,7-8H2,(H,22,23);/q;+1/p-1. The average molecular weight is 363 g/mol. The smallest absolute Gasteiger partial charge is 0.545 e. The Morgan fingerprint density at radius 2 is 1.80 bits per heavy atom.